The second kappa shape index (κ2) is 9.92. The minimum absolute atomic E-state index is 0. The quantitative estimate of drug-likeness (QED) is 0.315. The fourth-order valence-electron chi connectivity index (χ4n) is 2.01. The van der Waals surface area contributed by atoms with Crippen LogP contribution in [0.4, 0.5) is 0 Å². The number of hydrogen-bond donors (Lipinski definition) is 2. The largest absolute Gasteiger partial charge is 0.370 e. The summed E-state index contributed by atoms with van der Waals surface area (Å²) in [6.07, 6.45) is 1.79. The van der Waals surface area contributed by atoms with Crippen molar-refractivity contribution in [1.29, 1.82) is 0 Å². The average molecular weight is 438 g/mol. The van der Waals surface area contributed by atoms with Crippen molar-refractivity contribution in [2.24, 2.45) is 10.7 Å². The van der Waals surface area contributed by atoms with Gasteiger partial charge < -0.3 is 15.6 Å². The summed E-state index contributed by atoms with van der Waals surface area (Å²) in [6, 6.07) is 13.2. The fraction of sp³-hybridized carbons (Fsp3) is 0.222. The van der Waals surface area contributed by atoms with E-state index in [2.05, 4.69) is 16.9 Å². The highest BCUT2D eigenvalue weighted by atomic mass is 127. The molecule has 0 amide bonds. The van der Waals surface area contributed by atoms with Gasteiger partial charge in [0.25, 0.3) is 5.56 Å². The van der Waals surface area contributed by atoms with Crippen LogP contribution in [0.1, 0.15) is 18.1 Å². The van der Waals surface area contributed by atoms with Crippen molar-refractivity contribution < 1.29 is 0 Å². The van der Waals surface area contributed by atoms with Crippen LogP contribution in [-0.4, -0.2) is 17.1 Å². The molecule has 2 rings (SSSR count). The Balaban J connectivity index is 0.00000288. The molecule has 1 heterocycles. The summed E-state index contributed by atoms with van der Waals surface area (Å²) in [5.41, 5.74) is 8.91. The molecule has 0 aliphatic rings. The van der Waals surface area contributed by atoms with E-state index in [1.54, 1.807) is 22.9 Å². The van der Waals surface area contributed by atoms with E-state index < -0.39 is 0 Å². The van der Waals surface area contributed by atoms with Crippen LogP contribution in [-0.2, 0) is 13.1 Å². The third kappa shape index (κ3) is 6.57. The molecule has 0 saturated heterocycles. The standard InChI is InChI=1S/C18H22N4O.HI/c1-14(2)11-20-18(19)21-12-15-6-8-16(9-7-15)13-22-10-4-3-5-17(22)23;/h3-10H,1,11-13H2,2H3,(H3,19,20,21);1H. The second-order valence-electron chi connectivity index (χ2n) is 5.50. The topological polar surface area (TPSA) is 72.4 Å². The lowest BCUT2D eigenvalue weighted by Crippen LogP contribution is -2.32. The maximum absolute atomic E-state index is 11.7. The summed E-state index contributed by atoms with van der Waals surface area (Å²) in [6.45, 7) is 7.43. The van der Waals surface area contributed by atoms with E-state index in [0.717, 1.165) is 16.7 Å². The van der Waals surface area contributed by atoms with Gasteiger partial charge in [0.05, 0.1) is 13.1 Å². The van der Waals surface area contributed by atoms with E-state index in [9.17, 15) is 4.79 Å². The molecule has 128 valence electrons. The lowest BCUT2D eigenvalue weighted by Gasteiger charge is -2.07. The van der Waals surface area contributed by atoms with Crippen molar-refractivity contribution in [2.75, 3.05) is 6.54 Å². The van der Waals surface area contributed by atoms with Gasteiger partial charge >= 0.3 is 0 Å². The summed E-state index contributed by atoms with van der Waals surface area (Å²) in [7, 11) is 0. The first-order valence-electron chi connectivity index (χ1n) is 7.46. The van der Waals surface area contributed by atoms with Crippen LogP contribution in [0.2, 0.25) is 0 Å². The molecule has 0 radical (unpaired) electrons. The molecular weight excluding hydrogens is 415 g/mol. The summed E-state index contributed by atoms with van der Waals surface area (Å²) in [5.74, 6) is 0.410. The minimum atomic E-state index is -0.00228. The van der Waals surface area contributed by atoms with Gasteiger partial charge in [-0.05, 0) is 24.1 Å². The van der Waals surface area contributed by atoms with Crippen LogP contribution < -0.4 is 16.6 Å². The van der Waals surface area contributed by atoms with Gasteiger partial charge in [-0.2, -0.15) is 0 Å². The Morgan fingerprint density at radius 3 is 2.50 bits per heavy atom. The van der Waals surface area contributed by atoms with E-state index in [0.29, 0.717) is 25.6 Å². The first-order chi connectivity index (χ1) is 11.0. The number of hydrogen-bond acceptors (Lipinski definition) is 2. The maximum Gasteiger partial charge on any atom is 0.250 e. The lowest BCUT2D eigenvalue weighted by atomic mass is 10.1. The van der Waals surface area contributed by atoms with Gasteiger partial charge in [-0.25, -0.2) is 4.99 Å². The third-order valence-corrected chi connectivity index (χ3v) is 3.28. The Bertz CT molecular complexity index is 750. The molecule has 0 saturated carbocycles. The number of guanidine groups is 1. The Morgan fingerprint density at radius 2 is 1.88 bits per heavy atom. The van der Waals surface area contributed by atoms with Gasteiger partial charge in [0.15, 0.2) is 5.96 Å². The molecule has 0 unspecified atom stereocenters. The van der Waals surface area contributed by atoms with Crippen molar-refractivity contribution in [3.05, 3.63) is 82.3 Å². The summed E-state index contributed by atoms with van der Waals surface area (Å²) >= 11 is 0. The number of benzene rings is 1. The van der Waals surface area contributed by atoms with E-state index in [4.69, 9.17) is 5.73 Å². The van der Waals surface area contributed by atoms with E-state index in [1.807, 2.05) is 37.3 Å². The highest BCUT2D eigenvalue weighted by molar-refractivity contribution is 14.0. The molecule has 2 aromatic rings. The van der Waals surface area contributed by atoms with Crippen molar-refractivity contribution in [3.63, 3.8) is 0 Å². The summed E-state index contributed by atoms with van der Waals surface area (Å²) in [4.78, 5) is 16.0. The van der Waals surface area contributed by atoms with Crippen molar-refractivity contribution in [1.82, 2.24) is 9.88 Å². The molecular formula is C18H23IN4O. The molecule has 0 fully saturated rings. The molecule has 1 aromatic heterocycles. The average Bonchev–Trinajstić information content (AvgIpc) is 2.54. The maximum atomic E-state index is 11.7. The number of nitrogens with one attached hydrogen (secondary N) is 1. The number of aliphatic imine (C=N–C) groups is 1. The Kier molecular flexibility index (Phi) is 8.25. The Hall–Kier alpha value is -2.09. The first kappa shape index (κ1) is 20.0. The van der Waals surface area contributed by atoms with E-state index >= 15 is 0 Å². The molecule has 6 heteroatoms. The smallest absolute Gasteiger partial charge is 0.250 e. The highest BCUT2D eigenvalue weighted by Gasteiger charge is 1.98. The zero-order chi connectivity index (χ0) is 16.7. The van der Waals surface area contributed by atoms with Gasteiger partial charge in [-0.15, -0.1) is 24.0 Å². The molecule has 0 atom stereocenters. The van der Waals surface area contributed by atoms with Gasteiger partial charge in [-0.3, -0.25) is 4.79 Å². The van der Waals surface area contributed by atoms with Crippen LogP contribution >= 0.6 is 24.0 Å². The monoisotopic (exact) mass is 438 g/mol. The predicted molar refractivity (Wildman–Crippen MR) is 110 cm³/mol. The van der Waals surface area contributed by atoms with Gasteiger partial charge in [-0.1, -0.05) is 42.5 Å². The molecule has 24 heavy (non-hydrogen) atoms. The predicted octanol–water partition coefficient (Wildman–Crippen LogP) is 2.50. The number of nitrogens with two attached hydrogens (primary N) is 1. The van der Waals surface area contributed by atoms with Crippen molar-refractivity contribution >= 4 is 29.9 Å². The number of rotatable bonds is 6. The van der Waals surface area contributed by atoms with Gasteiger partial charge in [0.2, 0.25) is 0 Å². The molecule has 0 spiro atoms. The molecule has 3 N–H and O–H groups in total. The van der Waals surface area contributed by atoms with Gasteiger partial charge in [0, 0.05) is 18.8 Å². The Morgan fingerprint density at radius 1 is 1.21 bits per heavy atom. The normalized spacial score (nSPS) is 10.8. The second-order valence-corrected chi connectivity index (χ2v) is 5.50. The molecule has 0 aliphatic carbocycles. The van der Waals surface area contributed by atoms with Crippen LogP contribution in [0.15, 0.2) is 70.6 Å². The number of nitrogens with zero attached hydrogens (tertiary/aromatic N) is 2. The lowest BCUT2D eigenvalue weighted by molar-refractivity contribution is 0.759. The van der Waals surface area contributed by atoms with E-state index in [-0.39, 0.29) is 29.5 Å². The van der Waals surface area contributed by atoms with Crippen LogP contribution in [0, 0.1) is 0 Å². The molecule has 0 aliphatic heterocycles. The first-order valence-corrected chi connectivity index (χ1v) is 7.46. The minimum Gasteiger partial charge on any atom is -0.370 e. The summed E-state index contributed by atoms with van der Waals surface area (Å²) in [5, 5.41) is 2.99. The summed E-state index contributed by atoms with van der Waals surface area (Å²) < 4.78 is 1.67. The molecule has 0 bridgehead atoms. The number of halogens is 1. The van der Waals surface area contributed by atoms with Crippen LogP contribution in [0.3, 0.4) is 0 Å². The SMILES string of the molecule is C=C(C)CNC(N)=NCc1ccc(Cn2ccccc2=O)cc1.I. The Labute approximate surface area is 159 Å². The zero-order valence-corrected chi connectivity index (χ0v) is 16.1. The number of pyridine rings is 1. The van der Waals surface area contributed by atoms with E-state index in [1.165, 1.54) is 0 Å². The third-order valence-electron chi connectivity index (χ3n) is 3.28. The molecule has 1 aromatic carbocycles. The highest BCUT2D eigenvalue weighted by Crippen LogP contribution is 2.07. The molecule has 5 nitrogen and oxygen atoms in total. The van der Waals surface area contributed by atoms with Crippen molar-refractivity contribution in [2.45, 2.75) is 20.0 Å². The van der Waals surface area contributed by atoms with Crippen molar-refractivity contribution in [3.8, 4) is 0 Å². The van der Waals surface area contributed by atoms with Crippen LogP contribution in [0.5, 0.6) is 0 Å². The zero-order valence-electron chi connectivity index (χ0n) is 13.7. The fourth-order valence-corrected chi connectivity index (χ4v) is 2.01. The van der Waals surface area contributed by atoms with Crippen LogP contribution in [0.25, 0.3) is 0 Å². The number of aromatic nitrogens is 1. The van der Waals surface area contributed by atoms with Gasteiger partial charge in [0.1, 0.15) is 0 Å².